The van der Waals surface area contributed by atoms with Crippen molar-refractivity contribution in [2.24, 2.45) is 5.92 Å². The van der Waals surface area contributed by atoms with Gasteiger partial charge in [-0.2, -0.15) is 0 Å². The molecule has 1 aliphatic heterocycles. The van der Waals surface area contributed by atoms with Gasteiger partial charge >= 0.3 is 0 Å². The summed E-state index contributed by atoms with van der Waals surface area (Å²) < 4.78 is 10.6. The average Bonchev–Trinajstić information content (AvgIpc) is 2.74. The number of nitrogens with zero attached hydrogens (tertiary/aromatic N) is 1. The van der Waals surface area contributed by atoms with Gasteiger partial charge in [-0.1, -0.05) is 25.3 Å². The maximum absolute atomic E-state index is 12.7. The molecule has 2 amide bonds. The van der Waals surface area contributed by atoms with Gasteiger partial charge < -0.3 is 19.7 Å². The highest BCUT2D eigenvalue weighted by atomic mass is 16.5. The average molecular weight is 389 g/mol. The van der Waals surface area contributed by atoms with Crippen molar-refractivity contribution in [1.29, 1.82) is 0 Å². The molecule has 1 saturated heterocycles. The van der Waals surface area contributed by atoms with Crippen LogP contribution in [-0.4, -0.2) is 50.1 Å². The lowest BCUT2D eigenvalue weighted by Gasteiger charge is -2.33. The van der Waals surface area contributed by atoms with E-state index in [2.05, 4.69) is 5.32 Å². The van der Waals surface area contributed by atoms with Crippen LogP contribution in [0.1, 0.15) is 50.5 Å². The summed E-state index contributed by atoms with van der Waals surface area (Å²) in [6.07, 6.45) is 7.75. The van der Waals surface area contributed by atoms with Crippen LogP contribution in [0.25, 0.3) is 0 Å². The van der Waals surface area contributed by atoms with Crippen LogP contribution in [0.15, 0.2) is 18.2 Å². The number of carbonyl (C=O) groups is 2. The first-order valence-electron chi connectivity index (χ1n) is 10.4. The zero-order chi connectivity index (χ0) is 19.9. The lowest BCUT2D eigenvalue weighted by Crippen LogP contribution is -2.46. The van der Waals surface area contributed by atoms with Gasteiger partial charge in [-0.15, -0.1) is 0 Å². The number of hydrogen-bond acceptors (Lipinski definition) is 4. The van der Waals surface area contributed by atoms with Crippen molar-refractivity contribution in [3.05, 3.63) is 23.8 Å². The Labute approximate surface area is 167 Å². The molecule has 0 atom stereocenters. The zero-order valence-electron chi connectivity index (χ0n) is 17.0. The third kappa shape index (κ3) is 5.18. The molecule has 1 aromatic rings. The molecule has 0 bridgehead atoms. The Morgan fingerprint density at radius 2 is 1.68 bits per heavy atom. The van der Waals surface area contributed by atoms with Crippen molar-refractivity contribution >= 4 is 11.8 Å². The molecule has 0 spiro atoms. The molecule has 1 aromatic carbocycles. The summed E-state index contributed by atoms with van der Waals surface area (Å²) in [7, 11) is 3.18. The highest BCUT2D eigenvalue weighted by Crippen LogP contribution is 2.28. The third-order valence-corrected chi connectivity index (χ3v) is 5.97. The molecule has 0 unspecified atom stereocenters. The predicted molar refractivity (Wildman–Crippen MR) is 108 cm³/mol. The quantitative estimate of drug-likeness (QED) is 0.814. The van der Waals surface area contributed by atoms with Crippen molar-refractivity contribution in [3.8, 4) is 11.5 Å². The second-order valence-corrected chi connectivity index (χ2v) is 7.86. The lowest BCUT2D eigenvalue weighted by molar-refractivity contribution is -0.135. The van der Waals surface area contributed by atoms with Gasteiger partial charge in [0.1, 0.15) is 0 Å². The van der Waals surface area contributed by atoms with Crippen LogP contribution in [0.3, 0.4) is 0 Å². The molecule has 154 valence electrons. The number of nitrogens with one attached hydrogen (secondary N) is 1. The fourth-order valence-corrected chi connectivity index (χ4v) is 4.23. The minimum absolute atomic E-state index is 0.0343. The largest absolute Gasteiger partial charge is 0.493 e. The Hall–Kier alpha value is -2.24. The molecule has 6 heteroatoms. The van der Waals surface area contributed by atoms with Crippen molar-refractivity contribution in [2.45, 2.75) is 57.4 Å². The van der Waals surface area contributed by atoms with Crippen LogP contribution < -0.4 is 14.8 Å². The van der Waals surface area contributed by atoms with Crippen molar-refractivity contribution in [2.75, 3.05) is 27.3 Å². The van der Waals surface area contributed by atoms with Gasteiger partial charge in [0.05, 0.1) is 20.6 Å². The number of carbonyl (C=O) groups excluding carboxylic acids is 2. The highest BCUT2D eigenvalue weighted by Gasteiger charge is 2.28. The SMILES string of the molecule is COc1ccc(CC(=O)N2CCC(C(=O)NC3CCCCC3)CC2)cc1OC. The molecule has 6 nitrogen and oxygen atoms in total. The van der Waals surface area contributed by atoms with Crippen molar-refractivity contribution in [1.82, 2.24) is 10.2 Å². The topological polar surface area (TPSA) is 67.9 Å². The maximum atomic E-state index is 12.7. The Kier molecular flexibility index (Phi) is 7.18. The molecule has 1 N–H and O–H groups in total. The minimum Gasteiger partial charge on any atom is -0.493 e. The van der Waals surface area contributed by atoms with E-state index in [1.807, 2.05) is 23.1 Å². The number of methoxy groups -OCH3 is 2. The van der Waals surface area contributed by atoms with Gasteiger partial charge in [-0.3, -0.25) is 9.59 Å². The summed E-state index contributed by atoms with van der Waals surface area (Å²) in [6, 6.07) is 5.92. The second kappa shape index (κ2) is 9.80. The van der Waals surface area contributed by atoms with Crippen LogP contribution in [0.2, 0.25) is 0 Å². The van der Waals surface area contributed by atoms with E-state index in [-0.39, 0.29) is 17.7 Å². The molecular weight excluding hydrogens is 356 g/mol. The summed E-state index contributed by atoms with van der Waals surface area (Å²) in [6.45, 7) is 1.30. The molecule has 3 rings (SSSR count). The summed E-state index contributed by atoms with van der Waals surface area (Å²) in [5.41, 5.74) is 0.903. The fourth-order valence-electron chi connectivity index (χ4n) is 4.23. The molecule has 0 aromatic heterocycles. The van der Waals surface area contributed by atoms with E-state index in [0.717, 1.165) is 31.2 Å². The van der Waals surface area contributed by atoms with Gasteiger partial charge in [0.25, 0.3) is 0 Å². The van der Waals surface area contributed by atoms with Gasteiger partial charge in [0.15, 0.2) is 11.5 Å². The third-order valence-electron chi connectivity index (χ3n) is 5.97. The number of hydrogen-bond donors (Lipinski definition) is 1. The monoisotopic (exact) mass is 388 g/mol. The summed E-state index contributed by atoms with van der Waals surface area (Å²) in [4.78, 5) is 27.1. The Morgan fingerprint density at radius 1 is 1.00 bits per heavy atom. The molecule has 1 heterocycles. The van der Waals surface area contributed by atoms with Gasteiger partial charge in [-0.25, -0.2) is 0 Å². The van der Waals surface area contributed by atoms with Gasteiger partial charge in [-0.05, 0) is 43.4 Å². The first-order chi connectivity index (χ1) is 13.6. The van der Waals surface area contributed by atoms with Crippen LogP contribution in [0.5, 0.6) is 11.5 Å². The fraction of sp³-hybridized carbons (Fsp3) is 0.636. The van der Waals surface area contributed by atoms with Crippen LogP contribution in [-0.2, 0) is 16.0 Å². The Balaban J connectivity index is 1.47. The van der Waals surface area contributed by atoms with Gasteiger partial charge in [0, 0.05) is 25.0 Å². The van der Waals surface area contributed by atoms with Gasteiger partial charge in [0.2, 0.25) is 11.8 Å². The summed E-state index contributed by atoms with van der Waals surface area (Å²) >= 11 is 0. The Morgan fingerprint density at radius 3 is 2.32 bits per heavy atom. The number of benzene rings is 1. The first-order valence-corrected chi connectivity index (χ1v) is 10.4. The highest BCUT2D eigenvalue weighted by molar-refractivity contribution is 5.81. The van der Waals surface area contributed by atoms with E-state index in [9.17, 15) is 9.59 Å². The summed E-state index contributed by atoms with van der Waals surface area (Å²) in [5, 5.41) is 3.23. The second-order valence-electron chi connectivity index (χ2n) is 7.86. The molecule has 2 fully saturated rings. The summed E-state index contributed by atoms with van der Waals surface area (Å²) in [5.74, 6) is 1.60. The zero-order valence-corrected chi connectivity index (χ0v) is 17.0. The smallest absolute Gasteiger partial charge is 0.226 e. The predicted octanol–water partition coefficient (Wildman–Crippen LogP) is 2.93. The molecule has 1 aliphatic carbocycles. The number of ether oxygens (including phenoxy) is 2. The van der Waals surface area contributed by atoms with E-state index < -0.39 is 0 Å². The van der Waals surface area contributed by atoms with Crippen molar-refractivity contribution < 1.29 is 19.1 Å². The van der Waals surface area contributed by atoms with Crippen molar-refractivity contribution in [3.63, 3.8) is 0 Å². The van der Waals surface area contributed by atoms with E-state index in [1.165, 1.54) is 19.3 Å². The molecular formula is C22H32N2O4. The van der Waals surface area contributed by atoms with E-state index in [4.69, 9.17) is 9.47 Å². The van der Waals surface area contributed by atoms with Crippen LogP contribution >= 0.6 is 0 Å². The van der Waals surface area contributed by atoms with E-state index in [1.54, 1.807) is 14.2 Å². The minimum atomic E-state index is 0.0343. The number of piperidine rings is 1. The Bertz CT molecular complexity index is 677. The molecule has 28 heavy (non-hydrogen) atoms. The number of amides is 2. The normalized spacial score (nSPS) is 18.6. The van der Waals surface area contributed by atoms with E-state index in [0.29, 0.717) is 37.1 Å². The standard InChI is InChI=1S/C22H32N2O4/c1-27-19-9-8-16(14-20(19)28-2)15-21(25)24-12-10-17(11-13-24)22(26)23-18-6-4-3-5-7-18/h8-9,14,17-18H,3-7,10-13,15H2,1-2H3,(H,23,26). The van der Waals surface area contributed by atoms with Crippen LogP contribution in [0, 0.1) is 5.92 Å². The molecule has 1 saturated carbocycles. The number of rotatable bonds is 6. The lowest BCUT2D eigenvalue weighted by atomic mass is 9.92. The van der Waals surface area contributed by atoms with Crippen LogP contribution in [0.4, 0.5) is 0 Å². The van der Waals surface area contributed by atoms with E-state index >= 15 is 0 Å². The first kappa shape index (κ1) is 20.5. The maximum Gasteiger partial charge on any atom is 0.226 e. The molecule has 2 aliphatic rings. The number of likely N-dealkylation sites (tertiary alicyclic amines) is 1. The molecule has 0 radical (unpaired) electrons.